The molecule has 1 radical (unpaired) electrons. The molecule has 0 aromatic heterocycles. The molecule has 0 heterocycles. The van der Waals surface area contributed by atoms with Crippen LogP contribution in [0.15, 0.2) is 0 Å². The first-order chi connectivity index (χ1) is 1.91. The van der Waals surface area contributed by atoms with Crippen LogP contribution in [0.5, 0.6) is 0 Å². The summed E-state index contributed by atoms with van der Waals surface area (Å²) >= 11 is 2.76. The lowest BCUT2D eigenvalue weighted by atomic mass is 11.0. The molecule has 0 atom stereocenters. The van der Waals surface area contributed by atoms with Gasteiger partial charge in [-0.05, 0) is 0 Å². The van der Waals surface area contributed by atoms with Crippen molar-refractivity contribution in [3.8, 4) is 0 Å². The van der Waals surface area contributed by atoms with Crippen molar-refractivity contribution in [1.29, 1.82) is 0 Å². The van der Waals surface area contributed by atoms with E-state index in [-0.39, 0.29) is 0 Å². The molecule has 0 saturated heterocycles. The second-order valence-electron chi connectivity index (χ2n) is 0.262. The number of hydrogen-bond acceptors (Lipinski definition) is 1. The number of hydrogen-bond donors (Lipinski definition) is 0. The molecule has 0 saturated carbocycles. The zero-order valence-corrected chi connectivity index (χ0v) is 3.53. The molecule has 0 rings (SSSR count). The third-order valence-corrected chi connectivity index (χ3v) is 0.267. The van der Waals surface area contributed by atoms with Crippen LogP contribution in [-0.2, 0) is 4.79 Å². The molecule has 0 spiro atoms. The molecule has 0 aromatic rings. The summed E-state index contributed by atoms with van der Waals surface area (Å²) in [4.78, 5) is 9.07. The lowest BCUT2D eigenvalue weighted by Crippen LogP contribution is -1.51. The van der Waals surface area contributed by atoms with E-state index in [0.717, 1.165) is 0 Å². The molecule has 0 unspecified atom stereocenters. The van der Waals surface area contributed by atoms with Gasteiger partial charge >= 0.3 is 0 Å². The molecule has 4 heavy (non-hydrogen) atoms. The molecule has 0 aliphatic heterocycles. The van der Waals surface area contributed by atoms with Gasteiger partial charge < -0.3 is 4.79 Å². The van der Waals surface area contributed by atoms with Gasteiger partial charge in [0.1, 0.15) is 6.29 Å². The number of carbonyl (C=O) groups excluding carboxylic acids is 1. The van der Waals surface area contributed by atoms with E-state index >= 15 is 0 Å². The van der Waals surface area contributed by atoms with Crippen molar-refractivity contribution in [3.05, 3.63) is 5.33 Å². The van der Waals surface area contributed by atoms with Crippen LogP contribution < -0.4 is 0 Å². The fourth-order valence-corrected chi connectivity index (χ4v) is 0. The van der Waals surface area contributed by atoms with Crippen molar-refractivity contribution in [2.75, 3.05) is 0 Å². The number of carbonyl (C=O) groups is 1. The van der Waals surface area contributed by atoms with Crippen molar-refractivity contribution in [2.45, 2.75) is 0 Å². The Labute approximate surface area is 33.1 Å². The Bertz CT molecular complexity index is 20.0. The van der Waals surface area contributed by atoms with Crippen molar-refractivity contribution in [2.24, 2.45) is 0 Å². The first-order valence-corrected chi connectivity index (χ1v) is 1.70. The van der Waals surface area contributed by atoms with Gasteiger partial charge in [-0.25, -0.2) is 0 Å². The van der Waals surface area contributed by atoms with Gasteiger partial charge in [0, 0.05) is 0 Å². The number of halogens is 1. The minimum atomic E-state index is 0.667. The van der Waals surface area contributed by atoms with Crippen LogP contribution in [-0.4, -0.2) is 6.29 Å². The molecule has 0 fully saturated rings. The van der Waals surface area contributed by atoms with Gasteiger partial charge in [-0.15, -0.1) is 0 Å². The highest BCUT2D eigenvalue weighted by Gasteiger charge is 1.56. The van der Waals surface area contributed by atoms with Crippen molar-refractivity contribution in [3.63, 3.8) is 0 Å². The monoisotopic (exact) mass is 121 g/mol. The predicted octanol–water partition coefficient (Wildman–Crippen LogP) is 0.742. The Morgan fingerprint density at radius 1 is 1.75 bits per heavy atom. The first-order valence-electron chi connectivity index (χ1n) is 0.787. The van der Waals surface area contributed by atoms with E-state index in [9.17, 15) is 0 Å². The Hall–Kier alpha value is 0.150. The Morgan fingerprint density at radius 3 is 2.00 bits per heavy atom. The quantitative estimate of drug-likeness (QED) is 0.468. The van der Waals surface area contributed by atoms with Crippen LogP contribution in [0.2, 0.25) is 0 Å². The van der Waals surface area contributed by atoms with Crippen LogP contribution in [0.4, 0.5) is 0 Å². The zero-order valence-electron chi connectivity index (χ0n) is 1.94. The Morgan fingerprint density at radius 2 is 2.00 bits per heavy atom. The van der Waals surface area contributed by atoms with Crippen molar-refractivity contribution in [1.82, 2.24) is 0 Å². The van der Waals surface area contributed by atoms with Crippen LogP contribution in [0, 0.1) is 5.33 Å². The largest absolute Gasteiger partial charge is 0.302 e. The number of aldehydes is 1. The molecular weight excluding hydrogens is 120 g/mol. The van der Waals surface area contributed by atoms with E-state index in [1.807, 2.05) is 0 Å². The van der Waals surface area contributed by atoms with Crippen molar-refractivity contribution >= 4 is 22.2 Å². The second kappa shape index (κ2) is 3.15. The van der Waals surface area contributed by atoms with E-state index in [1.165, 1.54) is 5.33 Å². The van der Waals surface area contributed by atoms with Crippen LogP contribution in [0.1, 0.15) is 0 Å². The fourth-order valence-electron chi connectivity index (χ4n) is 0. The van der Waals surface area contributed by atoms with Gasteiger partial charge in [0.05, 0.1) is 5.33 Å². The molecule has 0 aliphatic rings. The molecule has 2 heteroatoms. The van der Waals surface area contributed by atoms with E-state index in [0.29, 0.717) is 6.29 Å². The molecular formula is C2H2BrO. The molecule has 23 valence electrons. The Balaban J connectivity index is 2.30. The maximum absolute atomic E-state index is 9.07. The van der Waals surface area contributed by atoms with E-state index in [1.54, 1.807) is 0 Å². The lowest BCUT2D eigenvalue weighted by Gasteiger charge is -1.47. The predicted molar refractivity (Wildman–Crippen MR) is 19.3 cm³/mol. The van der Waals surface area contributed by atoms with E-state index < -0.39 is 0 Å². The third kappa shape index (κ3) is 2.15. The summed E-state index contributed by atoms with van der Waals surface area (Å²) in [6, 6.07) is 0. The lowest BCUT2D eigenvalue weighted by molar-refractivity contribution is -0.104. The molecule has 1 nitrogen and oxygen atoms in total. The summed E-state index contributed by atoms with van der Waals surface area (Å²) in [7, 11) is 0. The van der Waals surface area contributed by atoms with E-state index in [4.69, 9.17) is 4.79 Å². The summed E-state index contributed by atoms with van der Waals surface area (Å²) in [5.41, 5.74) is 0. The maximum atomic E-state index is 9.07. The van der Waals surface area contributed by atoms with Gasteiger partial charge in [0.25, 0.3) is 0 Å². The summed E-state index contributed by atoms with van der Waals surface area (Å²) in [6.07, 6.45) is 0.667. The van der Waals surface area contributed by atoms with Crippen LogP contribution in [0.3, 0.4) is 0 Å². The normalized spacial score (nSPS) is 6.25. The van der Waals surface area contributed by atoms with Crippen LogP contribution in [0.25, 0.3) is 0 Å². The molecule has 0 aliphatic carbocycles. The molecule has 0 bridgehead atoms. The summed E-state index contributed by atoms with van der Waals surface area (Å²) in [6.45, 7) is 0. The van der Waals surface area contributed by atoms with Gasteiger partial charge in [-0.2, -0.15) is 0 Å². The average Bonchev–Trinajstić information content (AvgIpc) is 1.37. The summed E-state index contributed by atoms with van der Waals surface area (Å²) < 4.78 is 0. The van der Waals surface area contributed by atoms with Crippen molar-refractivity contribution < 1.29 is 4.79 Å². The molecule has 0 N–H and O–H groups in total. The third-order valence-electron chi connectivity index (χ3n) is 0.0514. The fraction of sp³-hybridized carbons (Fsp3) is 0. The van der Waals surface area contributed by atoms with Gasteiger partial charge in [-0.1, -0.05) is 15.9 Å². The Kier molecular flexibility index (Phi) is 3.27. The maximum Gasteiger partial charge on any atom is 0.135 e. The average molecular weight is 122 g/mol. The number of rotatable bonds is 1. The smallest absolute Gasteiger partial charge is 0.135 e. The highest BCUT2D eigenvalue weighted by Crippen LogP contribution is 1.75. The van der Waals surface area contributed by atoms with Crippen LogP contribution >= 0.6 is 15.9 Å². The minimum absolute atomic E-state index is 0.667. The molecule has 0 amide bonds. The topological polar surface area (TPSA) is 17.1 Å². The standard InChI is InChI=1S/C2H2BrO/c3-1-2-4/h1-2H. The SMILES string of the molecule is O=C[CH]Br. The minimum Gasteiger partial charge on any atom is -0.302 e. The highest BCUT2D eigenvalue weighted by atomic mass is 79.9. The van der Waals surface area contributed by atoms with Gasteiger partial charge in [0.2, 0.25) is 0 Å². The second-order valence-corrected chi connectivity index (χ2v) is 0.791. The summed E-state index contributed by atoms with van der Waals surface area (Å²) in [5, 5.41) is 1.26. The summed E-state index contributed by atoms with van der Waals surface area (Å²) in [5.74, 6) is 0. The highest BCUT2D eigenvalue weighted by molar-refractivity contribution is 9.11. The molecule has 0 aromatic carbocycles. The first kappa shape index (κ1) is 4.15. The van der Waals surface area contributed by atoms with E-state index in [2.05, 4.69) is 15.9 Å². The van der Waals surface area contributed by atoms with Gasteiger partial charge in [-0.3, -0.25) is 0 Å². The van der Waals surface area contributed by atoms with Gasteiger partial charge in [0.15, 0.2) is 0 Å². The zero-order chi connectivity index (χ0) is 3.41.